The van der Waals surface area contributed by atoms with Crippen molar-refractivity contribution in [1.82, 2.24) is 5.43 Å². The number of hydrogen-bond donors (Lipinski definition) is 2. The summed E-state index contributed by atoms with van der Waals surface area (Å²) < 4.78 is 19.5. The molecule has 0 aromatic heterocycles. The van der Waals surface area contributed by atoms with Crippen molar-refractivity contribution in [1.29, 1.82) is 0 Å². The number of nitrogens with two attached hydrogens (primary N) is 1. The van der Waals surface area contributed by atoms with Gasteiger partial charge in [-0.1, -0.05) is 31.5 Å². The van der Waals surface area contributed by atoms with Gasteiger partial charge in [-0.2, -0.15) is 0 Å². The summed E-state index contributed by atoms with van der Waals surface area (Å²) in [5, 5.41) is 0.132. The molecule has 1 atom stereocenters. The van der Waals surface area contributed by atoms with Crippen molar-refractivity contribution >= 4 is 11.6 Å². The van der Waals surface area contributed by atoms with E-state index in [4.69, 9.17) is 22.2 Å². The number of rotatable bonds is 8. The van der Waals surface area contributed by atoms with Crippen molar-refractivity contribution in [3.8, 4) is 0 Å². The van der Waals surface area contributed by atoms with Crippen LogP contribution in [0.3, 0.4) is 0 Å². The molecular weight excluding hydrogens is 279 g/mol. The molecule has 1 aromatic rings. The van der Waals surface area contributed by atoms with Gasteiger partial charge in [-0.05, 0) is 43.9 Å². The maximum Gasteiger partial charge on any atom is 0.142 e. The largest absolute Gasteiger partial charge is 0.374 e. The highest BCUT2D eigenvalue weighted by molar-refractivity contribution is 6.30. The second-order valence-corrected chi connectivity index (χ2v) is 5.28. The van der Waals surface area contributed by atoms with Crippen LogP contribution in [0.1, 0.15) is 39.2 Å². The Bertz CT molecular complexity index is 424. The van der Waals surface area contributed by atoms with Crippen LogP contribution in [0.15, 0.2) is 18.2 Å². The van der Waals surface area contributed by atoms with Crippen LogP contribution in [-0.2, 0) is 11.2 Å². The summed E-state index contributed by atoms with van der Waals surface area (Å²) >= 11 is 5.71. The maximum atomic E-state index is 13.5. The van der Waals surface area contributed by atoms with E-state index in [-0.39, 0.29) is 16.7 Å². The van der Waals surface area contributed by atoms with Crippen LogP contribution in [0.2, 0.25) is 5.02 Å². The normalized spacial score (nSPS) is 13.5. The lowest BCUT2D eigenvalue weighted by atomic mass is 9.84. The van der Waals surface area contributed by atoms with Crippen LogP contribution in [0, 0.1) is 5.82 Å². The van der Waals surface area contributed by atoms with Crippen molar-refractivity contribution in [2.24, 2.45) is 5.84 Å². The molecule has 5 heteroatoms. The molecule has 3 nitrogen and oxygen atoms in total. The lowest BCUT2D eigenvalue weighted by molar-refractivity contribution is -0.0719. The summed E-state index contributed by atoms with van der Waals surface area (Å²) in [7, 11) is 0. The molecule has 3 N–H and O–H groups in total. The van der Waals surface area contributed by atoms with E-state index in [1.165, 1.54) is 6.07 Å². The number of hydrazine groups is 1. The molecule has 0 aliphatic rings. The Labute approximate surface area is 125 Å². The third-order valence-electron chi connectivity index (χ3n) is 3.89. The molecule has 0 saturated carbocycles. The molecule has 1 rings (SSSR count). The van der Waals surface area contributed by atoms with Gasteiger partial charge in [-0.15, -0.1) is 0 Å². The fourth-order valence-electron chi connectivity index (χ4n) is 2.63. The molecule has 0 amide bonds. The molecule has 0 saturated heterocycles. The van der Waals surface area contributed by atoms with Crippen LogP contribution >= 0.6 is 11.6 Å². The van der Waals surface area contributed by atoms with E-state index in [0.29, 0.717) is 13.0 Å². The van der Waals surface area contributed by atoms with Gasteiger partial charge < -0.3 is 4.74 Å². The maximum absolute atomic E-state index is 13.5. The number of halogens is 2. The van der Waals surface area contributed by atoms with Gasteiger partial charge in [-0.3, -0.25) is 11.3 Å². The lowest BCUT2D eigenvalue weighted by Crippen LogP contribution is -2.55. The first-order valence-electron chi connectivity index (χ1n) is 7.07. The van der Waals surface area contributed by atoms with Gasteiger partial charge in [0.25, 0.3) is 0 Å². The fraction of sp³-hybridized carbons (Fsp3) is 0.600. The minimum Gasteiger partial charge on any atom is -0.374 e. The molecule has 0 aliphatic heterocycles. The fourth-order valence-corrected chi connectivity index (χ4v) is 2.75. The highest BCUT2D eigenvalue weighted by Crippen LogP contribution is 2.28. The summed E-state index contributed by atoms with van der Waals surface area (Å²) in [6.45, 7) is 6.74. The van der Waals surface area contributed by atoms with Crippen LogP contribution in [-0.4, -0.2) is 18.2 Å². The van der Waals surface area contributed by atoms with Crippen LogP contribution in [0.25, 0.3) is 0 Å². The highest BCUT2D eigenvalue weighted by Gasteiger charge is 2.36. The van der Waals surface area contributed by atoms with Gasteiger partial charge in [0.15, 0.2) is 0 Å². The first kappa shape index (κ1) is 17.4. The average Bonchev–Trinajstić information content (AvgIpc) is 2.46. The molecule has 0 fully saturated rings. The Morgan fingerprint density at radius 3 is 2.45 bits per heavy atom. The van der Waals surface area contributed by atoms with Gasteiger partial charge in [0.2, 0.25) is 0 Å². The zero-order chi connectivity index (χ0) is 15.2. The first-order chi connectivity index (χ1) is 9.52. The van der Waals surface area contributed by atoms with Gasteiger partial charge >= 0.3 is 0 Å². The van der Waals surface area contributed by atoms with Crippen LogP contribution < -0.4 is 11.3 Å². The van der Waals surface area contributed by atoms with Crippen molar-refractivity contribution in [2.45, 2.75) is 51.7 Å². The zero-order valence-electron chi connectivity index (χ0n) is 12.4. The predicted molar refractivity (Wildman–Crippen MR) is 81.2 cm³/mol. The Morgan fingerprint density at radius 1 is 1.35 bits per heavy atom. The molecule has 0 radical (unpaired) electrons. The second kappa shape index (κ2) is 7.93. The van der Waals surface area contributed by atoms with Crippen molar-refractivity contribution in [3.05, 3.63) is 34.6 Å². The topological polar surface area (TPSA) is 47.3 Å². The molecule has 0 aliphatic carbocycles. The predicted octanol–water partition coefficient (Wildman–Crippen LogP) is 3.45. The number of benzene rings is 1. The molecule has 0 heterocycles. The van der Waals surface area contributed by atoms with Crippen molar-refractivity contribution in [2.75, 3.05) is 6.61 Å². The third kappa shape index (κ3) is 3.92. The van der Waals surface area contributed by atoms with Crippen molar-refractivity contribution in [3.63, 3.8) is 0 Å². The number of nitrogens with one attached hydrogen (secondary N) is 1. The first-order valence-corrected chi connectivity index (χ1v) is 7.44. The molecule has 114 valence electrons. The summed E-state index contributed by atoms with van der Waals surface area (Å²) in [6, 6.07) is 4.75. The van der Waals surface area contributed by atoms with E-state index in [9.17, 15) is 4.39 Å². The average molecular weight is 303 g/mol. The summed E-state index contributed by atoms with van der Waals surface area (Å²) in [4.78, 5) is 0. The van der Waals surface area contributed by atoms with E-state index in [2.05, 4.69) is 19.3 Å². The van der Waals surface area contributed by atoms with E-state index in [0.717, 1.165) is 18.4 Å². The molecule has 0 bridgehead atoms. The minimum absolute atomic E-state index is 0.0852. The quantitative estimate of drug-likeness (QED) is 0.571. The minimum atomic E-state index is -0.407. The smallest absolute Gasteiger partial charge is 0.142 e. The Hall–Kier alpha value is -0.680. The lowest BCUT2D eigenvalue weighted by Gasteiger charge is -2.39. The molecule has 1 unspecified atom stereocenters. The van der Waals surface area contributed by atoms with Gasteiger partial charge in [0.1, 0.15) is 5.82 Å². The summed E-state index contributed by atoms with van der Waals surface area (Å²) in [5.74, 6) is 5.30. The highest BCUT2D eigenvalue weighted by atomic mass is 35.5. The molecule has 0 spiro atoms. The third-order valence-corrected chi connectivity index (χ3v) is 4.20. The SMILES string of the molecule is CCOC(CC)(CC)C(Cc1ccc(Cl)c(F)c1)NN. The monoisotopic (exact) mass is 302 g/mol. The van der Waals surface area contributed by atoms with Gasteiger partial charge in [0.05, 0.1) is 16.7 Å². The Balaban J connectivity index is 2.96. The summed E-state index contributed by atoms with van der Waals surface area (Å²) in [5.41, 5.74) is 3.33. The molecule has 1 aromatic carbocycles. The standard InChI is InChI=1S/C15H24ClFN2O/c1-4-15(5-2,20-6-3)14(19-18)10-11-7-8-12(16)13(17)9-11/h7-9,14,19H,4-6,10,18H2,1-3H3. The number of ether oxygens (including phenoxy) is 1. The molecular formula is C15H24ClFN2O. The van der Waals surface area contributed by atoms with Gasteiger partial charge in [-0.25, -0.2) is 4.39 Å². The van der Waals surface area contributed by atoms with Crippen molar-refractivity contribution < 1.29 is 9.13 Å². The summed E-state index contributed by atoms with van der Waals surface area (Å²) in [6.07, 6.45) is 2.26. The second-order valence-electron chi connectivity index (χ2n) is 4.88. The Morgan fingerprint density at radius 2 is 2.00 bits per heavy atom. The van der Waals surface area contributed by atoms with E-state index >= 15 is 0 Å². The van der Waals surface area contributed by atoms with Crippen LogP contribution in [0.5, 0.6) is 0 Å². The van der Waals surface area contributed by atoms with Gasteiger partial charge in [0, 0.05) is 6.61 Å². The van der Waals surface area contributed by atoms with E-state index in [1.54, 1.807) is 6.07 Å². The number of hydrogen-bond acceptors (Lipinski definition) is 3. The molecule has 20 heavy (non-hydrogen) atoms. The Kier molecular flexibility index (Phi) is 6.89. The zero-order valence-corrected chi connectivity index (χ0v) is 13.1. The van der Waals surface area contributed by atoms with E-state index in [1.807, 2.05) is 13.0 Å². The van der Waals surface area contributed by atoms with Crippen LogP contribution in [0.4, 0.5) is 4.39 Å². The van der Waals surface area contributed by atoms with E-state index < -0.39 is 5.82 Å².